The second kappa shape index (κ2) is 14.5. The topological polar surface area (TPSA) is 127 Å². The van der Waals surface area contributed by atoms with Gasteiger partial charge in [-0.1, -0.05) is 19.4 Å². The van der Waals surface area contributed by atoms with E-state index < -0.39 is 40.8 Å². The lowest BCUT2D eigenvalue weighted by atomic mass is 10.0. The molecule has 0 radical (unpaired) electrons. The minimum Gasteiger partial charge on any atom is -0.464 e. The molecule has 0 bridgehead atoms. The molecule has 248 valence electrons. The zero-order chi connectivity index (χ0) is 34.5. The molecule has 4 aromatic rings. The van der Waals surface area contributed by atoms with Gasteiger partial charge in [-0.3, -0.25) is 14.3 Å². The fraction of sp³-hybridized carbons (Fsp3) is 0.364. The zero-order valence-corrected chi connectivity index (χ0v) is 26.7. The first-order chi connectivity index (χ1) is 22.3. The standard InChI is InChI=1S/C33H36F3N7O4/c1-6-22(15-17-40(3)4)20-47-32(46)21(2)39-30(44)28-29(27-14-16-38-42(27)25-12-10-23(19-37)11-13-25)41(5)43(31(28)45)26-9-7-8-24(18-26)33(34,35)36/h7-14,16,18,21-22H,6,15,17,20H2,1-5H3,(H,39,44)/t21-,22?/m0/s1. The zero-order valence-electron chi connectivity index (χ0n) is 26.7. The van der Waals surface area contributed by atoms with Crippen molar-refractivity contribution in [3.8, 4) is 28.8 Å². The predicted octanol–water partition coefficient (Wildman–Crippen LogP) is 4.56. The molecule has 0 aliphatic rings. The monoisotopic (exact) mass is 651 g/mol. The number of halogens is 3. The Morgan fingerprint density at radius 1 is 1.11 bits per heavy atom. The third-order valence-corrected chi connectivity index (χ3v) is 7.76. The quantitative estimate of drug-likeness (QED) is 0.223. The fourth-order valence-electron chi connectivity index (χ4n) is 5.07. The van der Waals surface area contributed by atoms with Gasteiger partial charge in [0.15, 0.2) is 0 Å². The highest BCUT2D eigenvalue weighted by atomic mass is 19.4. The molecule has 0 aliphatic heterocycles. The van der Waals surface area contributed by atoms with Gasteiger partial charge in [-0.2, -0.15) is 23.5 Å². The molecule has 0 saturated carbocycles. The maximum atomic E-state index is 14.0. The van der Waals surface area contributed by atoms with Gasteiger partial charge in [0.1, 0.15) is 17.3 Å². The number of ether oxygens (including phenoxy) is 1. The van der Waals surface area contributed by atoms with Crippen molar-refractivity contribution < 1.29 is 27.5 Å². The summed E-state index contributed by atoms with van der Waals surface area (Å²) in [5, 5.41) is 16.1. The van der Waals surface area contributed by atoms with Crippen LogP contribution in [-0.4, -0.2) is 69.2 Å². The SMILES string of the molecule is CCC(CCN(C)C)COC(=O)[C@H](C)NC(=O)c1c(-c2ccnn2-c2ccc(C#N)cc2)n(C)n(-c2cccc(C(F)(F)F)c2)c1=O. The number of carbonyl (C=O) groups excluding carboxylic acids is 2. The third kappa shape index (κ3) is 7.81. The molecule has 2 atom stereocenters. The molecule has 2 aromatic carbocycles. The maximum absolute atomic E-state index is 14.0. The summed E-state index contributed by atoms with van der Waals surface area (Å²) in [6, 6.07) is 13.0. The van der Waals surface area contributed by atoms with Crippen LogP contribution >= 0.6 is 0 Å². The van der Waals surface area contributed by atoms with Crippen molar-refractivity contribution in [2.75, 3.05) is 27.2 Å². The summed E-state index contributed by atoms with van der Waals surface area (Å²) in [5.41, 5.74) is -1.27. The van der Waals surface area contributed by atoms with E-state index in [9.17, 15) is 32.8 Å². The van der Waals surface area contributed by atoms with Crippen LogP contribution < -0.4 is 10.9 Å². The van der Waals surface area contributed by atoms with E-state index in [4.69, 9.17) is 4.74 Å². The lowest BCUT2D eigenvalue weighted by Crippen LogP contribution is -2.42. The van der Waals surface area contributed by atoms with Gasteiger partial charge in [0, 0.05) is 7.05 Å². The molecule has 1 N–H and O–H groups in total. The number of amides is 1. The highest BCUT2D eigenvalue weighted by Gasteiger charge is 2.33. The summed E-state index contributed by atoms with van der Waals surface area (Å²) >= 11 is 0. The summed E-state index contributed by atoms with van der Waals surface area (Å²) in [5.74, 6) is -1.50. The highest BCUT2D eigenvalue weighted by Crippen LogP contribution is 2.31. The Kier molecular flexibility index (Phi) is 10.7. The summed E-state index contributed by atoms with van der Waals surface area (Å²) in [7, 11) is 5.33. The molecule has 14 heteroatoms. The molecule has 1 amide bonds. The third-order valence-electron chi connectivity index (χ3n) is 7.76. The number of nitrogens with one attached hydrogen (secondary N) is 1. The number of rotatable bonds is 12. The first-order valence-corrected chi connectivity index (χ1v) is 14.9. The van der Waals surface area contributed by atoms with Gasteiger partial charge in [-0.15, -0.1) is 0 Å². The van der Waals surface area contributed by atoms with Crippen LogP contribution in [0.2, 0.25) is 0 Å². The fourth-order valence-corrected chi connectivity index (χ4v) is 5.07. The van der Waals surface area contributed by atoms with E-state index in [1.807, 2.05) is 32.0 Å². The number of alkyl halides is 3. The van der Waals surface area contributed by atoms with E-state index in [0.29, 0.717) is 11.3 Å². The Hall–Kier alpha value is -5.16. The van der Waals surface area contributed by atoms with E-state index >= 15 is 0 Å². The molecule has 0 fully saturated rings. The molecule has 4 rings (SSSR count). The van der Waals surface area contributed by atoms with Crippen LogP contribution in [0.3, 0.4) is 0 Å². The average molecular weight is 652 g/mol. The molecule has 1 unspecified atom stereocenters. The summed E-state index contributed by atoms with van der Waals surface area (Å²) in [4.78, 5) is 42.7. The van der Waals surface area contributed by atoms with E-state index in [1.54, 1.807) is 24.3 Å². The second-order valence-corrected chi connectivity index (χ2v) is 11.4. The van der Waals surface area contributed by atoms with E-state index in [1.165, 1.54) is 41.7 Å². The maximum Gasteiger partial charge on any atom is 0.416 e. The molecular formula is C33H36F3N7O4. The highest BCUT2D eigenvalue weighted by molar-refractivity contribution is 6.01. The van der Waals surface area contributed by atoms with Crippen LogP contribution in [0.5, 0.6) is 0 Å². The van der Waals surface area contributed by atoms with Gasteiger partial charge in [0.25, 0.3) is 11.5 Å². The lowest BCUT2D eigenvalue weighted by Gasteiger charge is -2.19. The number of nitrogens with zero attached hydrogens (tertiary/aromatic N) is 6. The van der Waals surface area contributed by atoms with Gasteiger partial charge in [-0.05, 0) is 88.4 Å². The first kappa shape index (κ1) is 34.7. The molecule has 11 nitrogen and oxygen atoms in total. The Morgan fingerprint density at radius 2 is 1.81 bits per heavy atom. The Balaban J connectivity index is 1.76. The molecule has 2 heterocycles. The molecule has 0 saturated heterocycles. The van der Waals surface area contributed by atoms with Crippen LogP contribution in [0.25, 0.3) is 22.8 Å². The number of nitriles is 1. The Labute approximate surface area is 269 Å². The predicted molar refractivity (Wildman–Crippen MR) is 168 cm³/mol. The molecule has 0 aliphatic carbocycles. The van der Waals surface area contributed by atoms with Crippen LogP contribution in [0.1, 0.15) is 48.2 Å². The van der Waals surface area contributed by atoms with Crippen molar-refractivity contribution in [1.82, 2.24) is 29.4 Å². The van der Waals surface area contributed by atoms with Crippen molar-refractivity contribution in [2.24, 2.45) is 13.0 Å². The van der Waals surface area contributed by atoms with Gasteiger partial charge in [-0.25, -0.2) is 14.2 Å². The largest absolute Gasteiger partial charge is 0.464 e. The van der Waals surface area contributed by atoms with Gasteiger partial charge in [0.2, 0.25) is 0 Å². The minimum atomic E-state index is -4.68. The van der Waals surface area contributed by atoms with E-state index in [2.05, 4.69) is 10.4 Å². The molecular weight excluding hydrogens is 615 g/mol. The van der Waals surface area contributed by atoms with Gasteiger partial charge >= 0.3 is 12.1 Å². The van der Waals surface area contributed by atoms with Crippen LogP contribution in [0.15, 0.2) is 65.6 Å². The van der Waals surface area contributed by atoms with Gasteiger partial charge in [0.05, 0.1) is 47.1 Å². The minimum absolute atomic E-state index is 0.0297. The number of benzene rings is 2. The van der Waals surface area contributed by atoms with Crippen molar-refractivity contribution in [3.05, 3.63) is 87.8 Å². The van der Waals surface area contributed by atoms with Crippen LogP contribution in [0.4, 0.5) is 13.2 Å². The van der Waals surface area contributed by atoms with Crippen LogP contribution in [0, 0.1) is 17.2 Å². The summed E-state index contributed by atoms with van der Waals surface area (Å²) in [6.07, 6.45) is -1.65. The van der Waals surface area contributed by atoms with Gasteiger partial charge < -0.3 is 15.0 Å². The average Bonchev–Trinajstić information content (AvgIpc) is 3.62. The van der Waals surface area contributed by atoms with E-state index in [0.717, 1.165) is 42.3 Å². The Bertz CT molecular complexity index is 1830. The number of esters is 1. The van der Waals surface area contributed by atoms with E-state index in [-0.39, 0.29) is 29.6 Å². The van der Waals surface area contributed by atoms with Crippen LogP contribution in [-0.2, 0) is 22.8 Å². The number of hydrogen-bond donors (Lipinski definition) is 1. The number of hydrogen-bond acceptors (Lipinski definition) is 7. The normalized spacial score (nSPS) is 12.9. The van der Waals surface area contributed by atoms with Crippen molar-refractivity contribution >= 4 is 11.9 Å². The molecule has 2 aromatic heterocycles. The van der Waals surface area contributed by atoms with Crippen molar-refractivity contribution in [1.29, 1.82) is 5.26 Å². The summed E-state index contributed by atoms with van der Waals surface area (Å²) in [6.45, 7) is 4.40. The smallest absolute Gasteiger partial charge is 0.416 e. The lowest BCUT2D eigenvalue weighted by molar-refractivity contribution is -0.147. The van der Waals surface area contributed by atoms with Crippen molar-refractivity contribution in [2.45, 2.75) is 38.9 Å². The first-order valence-electron chi connectivity index (χ1n) is 14.9. The molecule has 0 spiro atoms. The number of aromatic nitrogens is 4. The Morgan fingerprint density at radius 3 is 2.43 bits per heavy atom. The number of carbonyl (C=O) groups is 2. The van der Waals surface area contributed by atoms with Crippen molar-refractivity contribution in [3.63, 3.8) is 0 Å². The summed E-state index contributed by atoms with van der Waals surface area (Å²) < 4.78 is 50.0. The second-order valence-electron chi connectivity index (χ2n) is 11.4. The molecule has 47 heavy (non-hydrogen) atoms.